The maximum Gasteiger partial charge on any atom is 0.416 e. The van der Waals surface area contributed by atoms with E-state index in [9.17, 15) is 32.7 Å². The maximum absolute atomic E-state index is 14.2. The van der Waals surface area contributed by atoms with Gasteiger partial charge < -0.3 is 34.3 Å². The lowest BCUT2D eigenvalue weighted by Gasteiger charge is -2.38. The van der Waals surface area contributed by atoms with E-state index in [1.165, 1.54) is 36.2 Å². The minimum absolute atomic E-state index is 0.0254. The summed E-state index contributed by atoms with van der Waals surface area (Å²) in [6, 6.07) is 5.96. The first-order valence-corrected chi connectivity index (χ1v) is 15.4. The fourth-order valence-corrected chi connectivity index (χ4v) is 6.53. The molecule has 0 aliphatic carbocycles. The zero-order valence-corrected chi connectivity index (χ0v) is 25.8. The van der Waals surface area contributed by atoms with Gasteiger partial charge in [0.05, 0.1) is 36.6 Å². The normalized spacial score (nSPS) is 17.6. The summed E-state index contributed by atoms with van der Waals surface area (Å²) in [5.41, 5.74) is -1.27. The number of nitrogens with one attached hydrogen (secondary N) is 1. The highest BCUT2D eigenvalue weighted by molar-refractivity contribution is 5.95. The van der Waals surface area contributed by atoms with Crippen LogP contribution in [0.2, 0.25) is 0 Å². The van der Waals surface area contributed by atoms with Gasteiger partial charge in [-0.15, -0.1) is 5.10 Å². The Bertz CT molecular complexity index is 1980. The summed E-state index contributed by atoms with van der Waals surface area (Å²) in [6.07, 6.45) is -2.61. The number of likely N-dealkylation sites (tertiary alicyclic amines) is 1. The largest absolute Gasteiger partial charge is 0.505 e. The second-order valence-corrected chi connectivity index (χ2v) is 12.0. The average molecular weight is 669 g/mol. The van der Waals surface area contributed by atoms with Crippen LogP contribution in [0.5, 0.6) is 5.75 Å². The molecule has 2 amide bonds. The van der Waals surface area contributed by atoms with Crippen LogP contribution in [0.25, 0.3) is 5.78 Å². The predicted molar refractivity (Wildman–Crippen MR) is 163 cm³/mol. The fraction of sp³-hybridized carbons (Fsp3) is 0.419. The standard InChI is InChI=1S/C31H31F3N8O6/c1-18-15-19(31(32,33)34)4-5-20(18)36-23(44)16-41-21-17-48-30(6-9-39(10-7-30)27(46)25-22(43)3-2-8-35-25)24(21)26(45)42-29(41)37-28(38-42)40-11-13-47-14-12-40/h2-5,8,15,43H,6-7,9-14,16-17H2,1H3,(H,36,44). The second kappa shape index (κ2) is 11.9. The third-order valence-electron chi connectivity index (χ3n) is 9.05. The number of aryl methyl sites for hydroxylation is 1. The van der Waals surface area contributed by atoms with Gasteiger partial charge >= 0.3 is 6.18 Å². The molecule has 14 nitrogen and oxygen atoms in total. The number of morpholine rings is 1. The first-order valence-electron chi connectivity index (χ1n) is 15.4. The predicted octanol–water partition coefficient (Wildman–Crippen LogP) is 2.46. The number of benzene rings is 1. The molecule has 1 aromatic carbocycles. The molecule has 3 aliphatic rings. The highest BCUT2D eigenvalue weighted by Crippen LogP contribution is 2.43. The number of ether oxygens (including phenoxy) is 2. The molecule has 48 heavy (non-hydrogen) atoms. The van der Waals surface area contributed by atoms with Crippen molar-refractivity contribution in [1.29, 1.82) is 0 Å². The smallest absolute Gasteiger partial charge is 0.416 e. The molecule has 0 unspecified atom stereocenters. The van der Waals surface area contributed by atoms with Crippen molar-refractivity contribution in [2.45, 2.75) is 44.7 Å². The number of hydrogen-bond acceptors (Lipinski definition) is 10. The van der Waals surface area contributed by atoms with Crippen molar-refractivity contribution in [2.75, 3.05) is 49.6 Å². The van der Waals surface area contributed by atoms with Gasteiger partial charge in [0.2, 0.25) is 17.6 Å². The number of fused-ring (bicyclic) bond motifs is 3. The number of piperidine rings is 1. The van der Waals surface area contributed by atoms with Crippen LogP contribution < -0.4 is 15.8 Å². The molecule has 3 aliphatic heterocycles. The zero-order chi connectivity index (χ0) is 33.8. The van der Waals surface area contributed by atoms with E-state index in [1.807, 2.05) is 4.90 Å². The summed E-state index contributed by atoms with van der Waals surface area (Å²) in [7, 11) is 0. The summed E-state index contributed by atoms with van der Waals surface area (Å²) in [5.74, 6) is -0.841. The molecule has 1 spiro atoms. The third kappa shape index (κ3) is 5.51. The lowest BCUT2D eigenvalue weighted by molar-refractivity contribution is -0.137. The first kappa shape index (κ1) is 31.6. The van der Waals surface area contributed by atoms with Gasteiger partial charge in [-0.1, -0.05) is 0 Å². The minimum Gasteiger partial charge on any atom is -0.505 e. The van der Waals surface area contributed by atoms with Crippen molar-refractivity contribution in [3.63, 3.8) is 0 Å². The van der Waals surface area contributed by atoms with Gasteiger partial charge in [0.15, 0.2) is 5.69 Å². The Labute approximate surface area is 270 Å². The van der Waals surface area contributed by atoms with E-state index in [0.717, 1.165) is 16.6 Å². The summed E-state index contributed by atoms with van der Waals surface area (Å²) in [4.78, 5) is 52.9. The number of halogens is 3. The van der Waals surface area contributed by atoms with E-state index in [0.29, 0.717) is 37.6 Å². The molecule has 252 valence electrons. The van der Waals surface area contributed by atoms with Crippen LogP contribution in [0.15, 0.2) is 41.3 Å². The molecule has 7 rings (SSSR count). The van der Waals surface area contributed by atoms with Crippen molar-refractivity contribution in [1.82, 2.24) is 29.0 Å². The summed E-state index contributed by atoms with van der Waals surface area (Å²) >= 11 is 0. The molecule has 4 aromatic rings. The van der Waals surface area contributed by atoms with Crippen LogP contribution in [0, 0.1) is 6.92 Å². The molecular formula is C31H31F3N8O6. The number of nitrogens with zero attached hydrogens (tertiary/aromatic N) is 7. The van der Waals surface area contributed by atoms with Crippen molar-refractivity contribution < 1.29 is 37.3 Å². The Morgan fingerprint density at radius 2 is 1.85 bits per heavy atom. The molecular weight excluding hydrogens is 637 g/mol. The number of aromatic hydroxyl groups is 1. The van der Waals surface area contributed by atoms with E-state index in [-0.39, 0.29) is 73.5 Å². The van der Waals surface area contributed by atoms with Gasteiger partial charge in [0, 0.05) is 38.1 Å². The first-order chi connectivity index (χ1) is 22.9. The number of hydrogen-bond donors (Lipinski definition) is 2. The topological polar surface area (TPSA) is 156 Å². The second-order valence-electron chi connectivity index (χ2n) is 12.0. The molecule has 0 atom stereocenters. The van der Waals surface area contributed by atoms with Crippen LogP contribution in [-0.4, -0.2) is 85.4 Å². The molecule has 3 aromatic heterocycles. The van der Waals surface area contributed by atoms with Crippen molar-refractivity contribution in [3.8, 4) is 5.75 Å². The van der Waals surface area contributed by atoms with E-state index in [2.05, 4.69) is 20.4 Å². The van der Waals surface area contributed by atoms with Crippen LogP contribution in [-0.2, 0) is 39.2 Å². The lowest BCUT2D eigenvalue weighted by atomic mass is 9.85. The Morgan fingerprint density at radius 1 is 1.10 bits per heavy atom. The SMILES string of the molecule is Cc1cc(C(F)(F)F)ccc1NC(=O)Cn1c2c(c(=O)n3nc(N4CCOCC4)nc13)C1(CCN(C(=O)c3ncccc3O)CC1)OC2. The Balaban J connectivity index is 1.23. The van der Waals surface area contributed by atoms with Gasteiger partial charge in [-0.05, 0) is 55.7 Å². The van der Waals surface area contributed by atoms with E-state index in [1.54, 1.807) is 4.57 Å². The number of alkyl halides is 3. The number of rotatable bonds is 5. The molecule has 0 radical (unpaired) electrons. The quantitative estimate of drug-likeness (QED) is 0.324. The molecule has 2 N–H and O–H groups in total. The summed E-state index contributed by atoms with van der Waals surface area (Å²) < 4.78 is 54.1. The number of anilines is 2. The zero-order valence-electron chi connectivity index (χ0n) is 25.8. The Kier molecular flexibility index (Phi) is 7.82. The highest BCUT2D eigenvalue weighted by Gasteiger charge is 2.48. The maximum atomic E-state index is 14.2. The van der Waals surface area contributed by atoms with Gasteiger partial charge in [0.25, 0.3) is 11.5 Å². The Hall–Kier alpha value is -5.03. The monoisotopic (exact) mass is 668 g/mol. The van der Waals surface area contributed by atoms with E-state index in [4.69, 9.17) is 9.47 Å². The molecule has 2 saturated heterocycles. The van der Waals surface area contributed by atoms with Crippen molar-refractivity contribution >= 4 is 29.2 Å². The van der Waals surface area contributed by atoms with Crippen LogP contribution in [0.4, 0.5) is 24.8 Å². The molecule has 2 fully saturated rings. The van der Waals surface area contributed by atoms with E-state index >= 15 is 0 Å². The summed E-state index contributed by atoms with van der Waals surface area (Å²) in [5, 5.41) is 17.4. The number of pyridine rings is 1. The van der Waals surface area contributed by atoms with Crippen LogP contribution in [0.1, 0.15) is 45.7 Å². The van der Waals surface area contributed by atoms with Gasteiger partial charge in [0.1, 0.15) is 17.9 Å². The fourth-order valence-electron chi connectivity index (χ4n) is 6.53. The van der Waals surface area contributed by atoms with Crippen molar-refractivity contribution in [2.24, 2.45) is 0 Å². The van der Waals surface area contributed by atoms with E-state index < -0.39 is 34.7 Å². The molecule has 6 heterocycles. The van der Waals surface area contributed by atoms with Gasteiger partial charge in [-0.25, -0.2) is 4.98 Å². The number of aromatic nitrogens is 5. The molecule has 0 saturated carbocycles. The molecule has 17 heteroatoms. The summed E-state index contributed by atoms with van der Waals surface area (Å²) in [6.45, 7) is 3.42. The Morgan fingerprint density at radius 3 is 2.54 bits per heavy atom. The average Bonchev–Trinajstić information content (AvgIpc) is 3.68. The number of carbonyl (C=O) groups excluding carboxylic acids is 2. The van der Waals surface area contributed by atoms with Crippen molar-refractivity contribution in [3.05, 3.63) is 75.0 Å². The lowest BCUT2D eigenvalue weighted by Crippen LogP contribution is -2.47. The van der Waals surface area contributed by atoms with Gasteiger partial charge in [-0.3, -0.25) is 14.4 Å². The third-order valence-corrected chi connectivity index (χ3v) is 9.05. The minimum atomic E-state index is -4.53. The highest BCUT2D eigenvalue weighted by atomic mass is 19.4. The number of carbonyl (C=O) groups is 2. The number of amides is 2. The van der Waals surface area contributed by atoms with Crippen LogP contribution >= 0.6 is 0 Å². The molecule has 0 bridgehead atoms. The van der Waals surface area contributed by atoms with Crippen LogP contribution in [0.3, 0.4) is 0 Å². The van der Waals surface area contributed by atoms with Gasteiger partial charge in [-0.2, -0.15) is 22.7 Å².